The lowest BCUT2D eigenvalue weighted by atomic mass is 10.1. The summed E-state index contributed by atoms with van der Waals surface area (Å²) in [6, 6.07) is 9.86. The van der Waals surface area contributed by atoms with E-state index in [9.17, 15) is 14.4 Å². The van der Waals surface area contributed by atoms with Gasteiger partial charge < -0.3 is 9.88 Å². The summed E-state index contributed by atoms with van der Waals surface area (Å²) in [5.41, 5.74) is 2.34. The lowest BCUT2D eigenvalue weighted by Crippen LogP contribution is -2.23. The lowest BCUT2D eigenvalue weighted by Gasteiger charge is -2.15. The Kier molecular flexibility index (Phi) is 4.56. The van der Waals surface area contributed by atoms with E-state index in [1.165, 1.54) is 19.1 Å². The number of ketones is 1. The third kappa shape index (κ3) is 3.49. The van der Waals surface area contributed by atoms with Gasteiger partial charge in [0.1, 0.15) is 6.54 Å². The Morgan fingerprint density at radius 1 is 1.09 bits per heavy atom. The molecule has 0 saturated carbocycles. The van der Waals surface area contributed by atoms with Gasteiger partial charge >= 0.3 is 0 Å². The van der Waals surface area contributed by atoms with Crippen LogP contribution in [0.15, 0.2) is 41.2 Å². The van der Waals surface area contributed by atoms with Gasteiger partial charge in [-0.3, -0.25) is 14.4 Å². The second-order valence-electron chi connectivity index (χ2n) is 5.21. The molecule has 5 nitrogen and oxygen atoms in total. The normalized spacial score (nSPS) is 10.3. The first-order valence-electron chi connectivity index (χ1n) is 6.96. The van der Waals surface area contributed by atoms with Gasteiger partial charge in [0.25, 0.3) is 0 Å². The number of anilines is 1. The molecular formula is C17H18N2O3. The van der Waals surface area contributed by atoms with Crippen molar-refractivity contribution >= 4 is 17.4 Å². The Morgan fingerprint density at radius 3 is 2.27 bits per heavy atom. The van der Waals surface area contributed by atoms with E-state index in [1.807, 2.05) is 0 Å². The van der Waals surface area contributed by atoms with E-state index < -0.39 is 0 Å². The van der Waals surface area contributed by atoms with Crippen molar-refractivity contribution in [2.75, 3.05) is 5.32 Å². The minimum absolute atomic E-state index is 0.0754. The van der Waals surface area contributed by atoms with Crippen molar-refractivity contribution in [1.82, 2.24) is 4.57 Å². The largest absolute Gasteiger partial charge is 0.340 e. The van der Waals surface area contributed by atoms with Gasteiger partial charge in [-0.2, -0.15) is 0 Å². The number of amides is 1. The van der Waals surface area contributed by atoms with Crippen LogP contribution in [-0.2, 0) is 11.3 Å². The van der Waals surface area contributed by atoms with Crippen LogP contribution in [0.1, 0.15) is 28.7 Å². The Bertz CT molecular complexity index is 764. The van der Waals surface area contributed by atoms with E-state index in [4.69, 9.17) is 0 Å². The van der Waals surface area contributed by atoms with Crippen LogP contribution in [0.5, 0.6) is 0 Å². The number of carbonyl (C=O) groups excluding carboxylic acids is 2. The number of carbonyl (C=O) groups is 2. The zero-order chi connectivity index (χ0) is 16.3. The Morgan fingerprint density at radius 2 is 1.68 bits per heavy atom. The van der Waals surface area contributed by atoms with Crippen LogP contribution < -0.4 is 10.7 Å². The fraction of sp³-hybridized carbons (Fsp3) is 0.235. The fourth-order valence-corrected chi connectivity index (χ4v) is 2.37. The summed E-state index contributed by atoms with van der Waals surface area (Å²) in [5, 5.41) is 2.75. The van der Waals surface area contributed by atoms with Crippen molar-refractivity contribution < 1.29 is 9.59 Å². The molecule has 22 heavy (non-hydrogen) atoms. The topological polar surface area (TPSA) is 68.2 Å². The van der Waals surface area contributed by atoms with Gasteiger partial charge in [-0.25, -0.2) is 0 Å². The Balaban J connectivity index is 2.22. The number of aromatic nitrogens is 1. The van der Waals surface area contributed by atoms with Gasteiger partial charge in [-0.05, 0) is 32.9 Å². The number of hydrogen-bond acceptors (Lipinski definition) is 3. The zero-order valence-corrected chi connectivity index (χ0v) is 12.8. The zero-order valence-electron chi connectivity index (χ0n) is 12.8. The third-order valence-electron chi connectivity index (χ3n) is 3.44. The third-order valence-corrected chi connectivity index (χ3v) is 3.44. The highest BCUT2D eigenvalue weighted by molar-refractivity contribution is 6.03. The van der Waals surface area contributed by atoms with Gasteiger partial charge in [-0.15, -0.1) is 0 Å². The summed E-state index contributed by atoms with van der Waals surface area (Å²) in [6.45, 7) is 5.11. The molecular weight excluding hydrogens is 280 g/mol. The molecule has 114 valence electrons. The van der Waals surface area contributed by atoms with Crippen molar-refractivity contribution in [3.05, 3.63) is 63.6 Å². The van der Waals surface area contributed by atoms with Gasteiger partial charge in [0.15, 0.2) is 11.2 Å². The highest BCUT2D eigenvalue weighted by Gasteiger charge is 2.11. The van der Waals surface area contributed by atoms with Crippen LogP contribution in [0.4, 0.5) is 5.69 Å². The Labute approximate surface area is 128 Å². The number of pyridine rings is 1. The summed E-state index contributed by atoms with van der Waals surface area (Å²) < 4.78 is 1.76. The van der Waals surface area contributed by atoms with Crippen LogP contribution in [0, 0.1) is 13.8 Å². The van der Waals surface area contributed by atoms with Crippen molar-refractivity contribution in [3.8, 4) is 0 Å². The van der Waals surface area contributed by atoms with E-state index in [0.717, 1.165) is 11.4 Å². The van der Waals surface area contributed by atoms with Crippen LogP contribution in [0.2, 0.25) is 0 Å². The van der Waals surface area contributed by atoms with Crippen LogP contribution in [0.25, 0.3) is 0 Å². The molecule has 2 aromatic rings. The molecule has 0 radical (unpaired) electrons. The first-order valence-corrected chi connectivity index (χ1v) is 6.96. The maximum absolute atomic E-state index is 12.2. The number of Topliss-reactive ketones (excluding diaryl/α,β-unsaturated/α-hetero) is 1. The van der Waals surface area contributed by atoms with Crippen LogP contribution >= 0.6 is 0 Å². The first-order chi connectivity index (χ1) is 10.4. The first kappa shape index (κ1) is 15.7. The van der Waals surface area contributed by atoms with Crippen LogP contribution in [0.3, 0.4) is 0 Å². The predicted octanol–water partition coefficient (Wildman–Crippen LogP) is 2.31. The van der Waals surface area contributed by atoms with E-state index in [1.54, 1.807) is 42.7 Å². The predicted molar refractivity (Wildman–Crippen MR) is 85.3 cm³/mol. The minimum atomic E-state index is -0.247. The quantitative estimate of drug-likeness (QED) is 0.881. The second-order valence-corrected chi connectivity index (χ2v) is 5.21. The van der Waals surface area contributed by atoms with Crippen molar-refractivity contribution in [1.29, 1.82) is 0 Å². The molecule has 1 amide bonds. The van der Waals surface area contributed by atoms with Crippen LogP contribution in [-0.4, -0.2) is 16.3 Å². The van der Waals surface area contributed by atoms with Gasteiger partial charge in [0, 0.05) is 29.1 Å². The lowest BCUT2D eigenvalue weighted by molar-refractivity contribution is -0.116. The molecule has 1 aromatic heterocycles. The average Bonchev–Trinajstić information content (AvgIpc) is 2.43. The molecule has 0 spiro atoms. The molecule has 1 N–H and O–H groups in total. The molecule has 0 fully saturated rings. The van der Waals surface area contributed by atoms with Gasteiger partial charge in [0.2, 0.25) is 5.91 Å². The number of nitrogens with zero attached hydrogens (tertiary/aromatic N) is 1. The van der Waals surface area contributed by atoms with Crippen molar-refractivity contribution in [2.45, 2.75) is 27.3 Å². The maximum atomic E-state index is 12.2. The molecule has 1 heterocycles. The minimum Gasteiger partial charge on any atom is -0.340 e. The number of para-hydroxylation sites is 1. The summed E-state index contributed by atoms with van der Waals surface area (Å²) >= 11 is 0. The molecule has 0 unspecified atom stereocenters. The molecule has 0 atom stereocenters. The highest BCUT2D eigenvalue weighted by atomic mass is 16.2. The van der Waals surface area contributed by atoms with E-state index in [2.05, 4.69) is 5.32 Å². The monoisotopic (exact) mass is 298 g/mol. The SMILES string of the molecule is CC(=O)c1ccccc1NC(=O)Cn1c(C)cc(=O)cc1C. The van der Waals surface area contributed by atoms with Gasteiger partial charge in [-0.1, -0.05) is 12.1 Å². The Hall–Kier alpha value is -2.69. The molecule has 0 bridgehead atoms. The number of hydrogen-bond donors (Lipinski definition) is 1. The molecule has 2 rings (SSSR count). The van der Waals surface area contributed by atoms with E-state index >= 15 is 0 Å². The summed E-state index contributed by atoms with van der Waals surface area (Å²) in [6.07, 6.45) is 0. The molecule has 5 heteroatoms. The van der Waals surface area contributed by atoms with Gasteiger partial charge in [0.05, 0.1) is 5.69 Å². The number of aryl methyl sites for hydroxylation is 2. The summed E-state index contributed by atoms with van der Waals surface area (Å²) in [5.74, 6) is -0.352. The van der Waals surface area contributed by atoms with E-state index in [0.29, 0.717) is 11.3 Å². The van der Waals surface area contributed by atoms with Crippen molar-refractivity contribution in [3.63, 3.8) is 0 Å². The van der Waals surface area contributed by atoms with E-state index in [-0.39, 0.29) is 23.7 Å². The standard InChI is InChI=1S/C17H18N2O3/c1-11-8-14(21)9-12(2)19(11)10-17(22)18-16-7-5-4-6-15(16)13(3)20/h4-9H,10H2,1-3H3,(H,18,22). The number of benzene rings is 1. The summed E-state index contributed by atoms with van der Waals surface area (Å²) in [7, 11) is 0. The van der Waals surface area contributed by atoms with Crippen molar-refractivity contribution in [2.24, 2.45) is 0 Å². The highest BCUT2D eigenvalue weighted by Crippen LogP contribution is 2.15. The maximum Gasteiger partial charge on any atom is 0.244 e. The number of rotatable bonds is 4. The fourth-order valence-electron chi connectivity index (χ4n) is 2.37. The molecule has 0 aliphatic rings. The summed E-state index contributed by atoms with van der Waals surface area (Å²) in [4.78, 5) is 35.2. The molecule has 1 aromatic carbocycles. The smallest absolute Gasteiger partial charge is 0.244 e. The number of nitrogens with one attached hydrogen (secondary N) is 1. The molecule has 0 aliphatic carbocycles. The average molecular weight is 298 g/mol. The molecule has 0 aliphatic heterocycles. The second kappa shape index (κ2) is 6.39. The molecule has 0 saturated heterocycles.